The Morgan fingerprint density at radius 3 is 2.92 bits per heavy atom. The molecule has 3 heterocycles. The number of carbonyl (C=O) groups excluding carboxylic acids is 1. The van der Waals surface area contributed by atoms with Gasteiger partial charge in [0.25, 0.3) is 5.91 Å². The summed E-state index contributed by atoms with van der Waals surface area (Å²) >= 11 is 0. The first kappa shape index (κ1) is 13.7. The van der Waals surface area contributed by atoms with Gasteiger partial charge in [0.2, 0.25) is 0 Å². The Balaban J connectivity index is 1.59. The van der Waals surface area contributed by atoms with E-state index in [0.29, 0.717) is 13.1 Å². The van der Waals surface area contributed by atoms with Gasteiger partial charge in [0.1, 0.15) is 0 Å². The molecule has 5 rings (SSSR count). The average molecular weight is 319 g/mol. The minimum Gasteiger partial charge on any atom is -0.371 e. The lowest BCUT2D eigenvalue weighted by molar-refractivity contribution is 0.0766. The lowest BCUT2D eigenvalue weighted by Crippen LogP contribution is -2.28. The average Bonchev–Trinajstić information content (AvgIpc) is 3.27. The first-order chi connectivity index (χ1) is 11.7. The molecule has 5 heteroatoms. The van der Waals surface area contributed by atoms with Crippen LogP contribution in [0.15, 0.2) is 42.6 Å². The van der Waals surface area contributed by atoms with E-state index in [2.05, 4.69) is 29.4 Å². The van der Waals surface area contributed by atoms with E-state index in [-0.39, 0.29) is 12.0 Å². The van der Waals surface area contributed by atoms with Crippen LogP contribution < -0.4 is 0 Å². The lowest BCUT2D eigenvalue weighted by Gasteiger charge is -2.13. The molecule has 0 spiro atoms. The number of nitrogens with zero attached hydrogens (tertiary/aromatic N) is 3. The van der Waals surface area contributed by atoms with Crippen LogP contribution in [0.2, 0.25) is 0 Å². The normalized spacial score (nSPS) is 19.1. The third kappa shape index (κ3) is 2.05. The highest BCUT2D eigenvalue weighted by Crippen LogP contribution is 2.34. The maximum absolute atomic E-state index is 12.6. The number of ether oxygens (including phenoxy) is 1. The Labute approximate surface area is 139 Å². The highest BCUT2D eigenvalue weighted by Gasteiger charge is 2.34. The van der Waals surface area contributed by atoms with Crippen molar-refractivity contribution in [3.05, 3.63) is 53.7 Å². The zero-order valence-electron chi connectivity index (χ0n) is 13.4. The van der Waals surface area contributed by atoms with E-state index in [1.54, 1.807) is 0 Å². The molecule has 24 heavy (non-hydrogen) atoms. The van der Waals surface area contributed by atoms with E-state index in [0.717, 1.165) is 39.8 Å². The van der Waals surface area contributed by atoms with Gasteiger partial charge in [0.05, 0.1) is 24.4 Å². The molecule has 2 aliphatic rings. The number of epoxide rings is 1. The zero-order valence-corrected chi connectivity index (χ0v) is 13.4. The smallest absolute Gasteiger partial charge is 0.254 e. The van der Waals surface area contributed by atoms with Crippen molar-refractivity contribution in [3.63, 3.8) is 0 Å². The van der Waals surface area contributed by atoms with Crippen LogP contribution in [0.3, 0.4) is 0 Å². The van der Waals surface area contributed by atoms with E-state index in [4.69, 9.17) is 4.74 Å². The number of hydrogen-bond acceptors (Lipinski definition) is 3. The number of benzene rings is 2. The van der Waals surface area contributed by atoms with Crippen LogP contribution in [0, 0.1) is 0 Å². The SMILES string of the molecule is Cn1ncc2ccc(-c3cccc4c3CN(CC3CO3)C4=O)cc21. The van der Waals surface area contributed by atoms with Gasteiger partial charge in [-0.05, 0) is 28.8 Å². The number of fused-ring (bicyclic) bond motifs is 2. The predicted octanol–water partition coefficient (Wildman–Crippen LogP) is 2.59. The summed E-state index contributed by atoms with van der Waals surface area (Å²) in [5.74, 6) is 0.115. The summed E-state index contributed by atoms with van der Waals surface area (Å²) in [5, 5.41) is 5.43. The maximum atomic E-state index is 12.6. The summed E-state index contributed by atoms with van der Waals surface area (Å²) in [5.41, 5.74) is 5.28. The molecule has 1 fully saturated rings. The molecule has 0 N–H and O–H groups in total. The predicted molar refractivity (Wildman–Crippen MR) is 90.6 cm³/mol. The molecule has 1 aromatic heterocycles. The second-order valence-corrected chi connectivity index (χ2v) is 6.51. The van der Waals surface area contributed by atoms with Gasteiger partial charge in [-0.2, -0.15) is 5.10 Å². The molecule has 0 bridgehead atoms. The minimum absolute atomic E-state index is 0.115. The van der Waals surface area contributed by atoms with Gasteiger partial charge in [-0.15, -0.1) is 0 Å². The van der Waals surface area contributed by atoms with Gasteiger partial charge in [0.15, 0.2) is 0 Å². The molecule has 2 aromatic carbocycles. The summed E-state index contributed by atoms with van der Waals surface area (Å²) in [7, 11) is 1.95. The fraction of sp³-hybridized carbons (Fsp3) is 0.263. The fourth-order valence-electron chi connectivity index (χ4n) is 3.54. The van der Waals surface area contributed by atoms with Gasteiger partial charge in [-0.25, -0.2) is 0 Å². The Morgan fingerprint density at radius 1 is 1.25 bits per heavy atom. The molecule has 120 valence electrons. The van der Waals surface area contributed by atoms with Crippen LogP contribution in [0.5, 0.6) is 0 Å². The van der Waals surface area contributed by atoms with Crippen molar-refractivity contribution in [1.82, 2.24) is 14.7 Å². The molecule has 1 amide bonds. The largest absolute Gasteiger partial charge is 0.371 e. The summed E-state index contributed by atoms with van der Waals surface area (Å²) in [6, 6.07) is 12.3. The van der Waals surface area contributed by atoms with Crippen LogP contribution in [-0.2, 0) is 18.3 Å². The van der Waals surface area contributed by atoms with Gasteiger partial charge >= 0.3 is 0 Å². The third-order valence-corrected chi connectivity index (χ3v) is 4.93. The molecule has 1 saturated heterocycles. The van der Waals surface area contributed by atoms with E-state index < -0.39 is 0 Å². The van der Waals surface area contributed by atoms with Gasteiger partial charge in [-0.3, -0.25) is 9.48 Å². The number of aryl methyl sites for hydroxylation is 1. The number of carbonyl (C=O) groups is 1. The molecule has 5 nitrogen and oxygen atoms in total. The molecule has 3 aromatic rings. The van der Waals surface area contributed by atoms with Crippen molar-refractivity contribution in [3.8, 4) is 11.1 Å². The first-order valence-electron chi connectivity index (χ1n) is 8.15. The zero-order chi connectivity index (χ0) is 16.3. The van der Waals surface area contributed by atoms with Crippen molar-refractivity contribution in [2.45, 2.75) is 12.6 Å². The van der Waals surface area contributed by atoms with E-state index >= 15 is 0 Å². The summed E-state index contributed by atoms with van der Waals surface area (Å²) in [6.07, 6.45) is 2.09. The monoisotopic (exact) mass is 319 g/mol. The summed E-state index contributed by atoms with van der Waals surface area (Å²) < 4.78 is 7.16. The minimum atomic E-state index is 0.115. The topological polar surface area (TPSA) is 50.7 Å². The van der Waals surface area contributed by atoms with Crippen LogP contribution in [0.4, 0.5) is 0 Å². The number of aromatic nitrogens is 2. The van der Waals surface area contributed by atoms with Crippen LogP contribution in [-0.4, -0.2) is 39.8 Å². The standard InChI is InChI=1S/C19H17N3O2/c1-21-18-7-12(5-6-13(18)8-20-21)15-3-2-4-16-17(15)10-22(19(16)23)9-14-11-24-14/h2-8,14H,9-11H2,1H3. The molecular formula is C19H17N3O2. The molecule has 0 saturated carbocycles. The van der Waals surface area contributed by atoms with Crippen molar-refractivity contribution >= 4 is 16.8 Å². The molecule has 0 aliphatic carbocycles. The van der Waals surface area contributed by atoms with E-state index in [1.165, 1.54) is 0 Å². The third-order valence-electron chi connectivity index (χ3n) is 4.93. The molecule has 2 aliphatic heterocycles. The Bertz CT molecular complexity index is 972. The Morgan fingerprint density at radius 2 is 2.08 bits per heavy atom. The highest BCUT2D eigenvalue weighted by molar-refractivity contribution is 6.01. The number of amides is 1. The molecular weight excluding hydrogens is 302 g/mol. The second-order valence-electron chi connectivity index (χ2n) is 6.51. The number of rotatable bonds is 3. The van der Waals surface area contributed by atoms with Gasteiger partial charge in [-0.1, -0.05) is 24.3 Å². The molecule has 1 unspecified atom stereocenters. The van der Waals surface area contributed by atoms with E-state index in [9.17, 15) is 4.79 Å². The van der Waals surface area contributed by atoms with E-state index in [1.807, 2.05) is 35.0 Å². The van der Waals surface area contributed by atoms with Crippen molar-refractivity contribution < 1.29 is 9.53 Å². The summed E-state index contributed by atoms with van der Waals surface area (Å²) in [6.45, 7) is 2.12. The van der Waals surface area contributed by atoms with Crippen LogP contribution in [0.25, 0.3) is 22.0 Å². The van der Waals surface area contributed by atoms with Crippen molar-refractivity contribution in [1.29, 1.82) is 0 Å². The van der Waals surface area contributed by atoms with Crippen molar-refractivity contribution in [2.75, 3.05) is 13.2 Å². The van der Waals surface area contributed by atoms with Crippen molar-refractivity contribution in [2.24, 2.45) is 7.05 Å². The van der Waals surface area contributed by atoms with Crippen LogP contribution in [0.1, 0.15) is 15.9 Å². The van der Waals surface area contributed by atoms with Gasteiger partial charge < -0.3 is 9.64 Å². The quantitative estimate of drug-likeness (QED) is 0.697. The number of hydrogen-bond donors (Lipinski definition) is 0. The Hall–Kier alpha value is -2.66. The van der Waals surface area contributed by atoms with Gasteiger partial charge in [0, 0.05) is 31.1 Å². The van der Waals surface area contributed by atoms with Crippen LogP contribution >= 0.6 is 0 Å². The first-order valence-corrected chi connectivity index (χ1v) is 8.15. The highest BCUT2D eigenvalue weighted by atomic mass is 16.6. The lowest BCUT2D eigenvalue weighted by atomic mass is 9.96. The fourth-order valence-corrected chi connectivity index (χ4v) is 3.54. The second kappa shape index (κ2) is 4.92. The Kier molecular flexibility index (Phi) is 2.82. The molecule has 0 radical (unpaired) electrons. The maximum Gasteiger partial charge on any atom is 0.254 e. The summed E-state index contributed by atoms with van der Waals surface area (Å²) in [4.78, 5) is 14.5. The molecule has 1 atom stereocenters.